The fourth-order valence-electron chi connectivity index (χ4n) is 3.28. The molecule has 30 heavy (non-hydrogen) atoms. The van der Waals surface area contributed by atoms with Gasteiger partial charge in [0.1, 0.15) is 5.60 Å². The Hall–Kier alpha value is -1.15. The van der Waals surface area contributed by atoms with Gasteiger partial charge in [-0.25, -0.2) is 8.42 Å². The first-order valence-electron chi connectivity index (χ1n) is 10.9. The van der Waals surface area contributed by atoms with Crippen molar-refractivity contribution in [1.29, 1.82) is 0 Å². The van der Waals surface area contributed by atoms with Crippen LogP contribution in [0.5, 0.6) is 0 Å². The molecular weight excluding hydrogens is 404 g/mol. The molecule has 2 atom stereocenters. The highest BCUT2D eigenvalue weighted by atomic mass is 32.2. The maximum atomic E-state index is 13.1. The number of esters is 1. The number of carbonyl (C=O) groups is 2. The number of hydrogen-bond acceptors (Lipinski definition) is 5. The number of nitrogens with one attached hydrogen (secondary N) is 1. The van der Waals surface area contributed by atoms with Crippen molar-refractivity contribution >= 4 is 21.9 Å². The van der Waals surface area contributed by atoms with E-state index in [0.717, 1.165) is 10.7 Å². The van der Waals surface area contributed by atoms with Gasteiger partial charge in [-0.2, -0.15) is 0 Å². The largest absolute Gasteiger partial charge is 0.460 e. The topological polar surface area (TPSA) is 92.8 Å². The fourth-order valence-corrected chi connectivity index (χ4v) is 4.10. The van der Waals surface area contributed by atoms with Crippen molar-refractivity contribution in [3.63, 3.8) is 0 Å². The Labute approximate surface area is 184 Å². The van der Waals surface area contributed by atoms with Gasteiger partial charge < -0.3 is 4.74 Å². The van der Waals surface area contributed by atoms with E-state index in [1.807, 2.05) is 62.3 Å². The van der Waals surface area contributed by atoms with Crippen LogP contribution in [-0.4, -0.2) is 43.1 Å². The van der Waals surface area contributed by atoms with Crippen LogP contribution in [0.2, 0.25) is 0 Å². The van der Waals surface area contributed by atoms with Crippen LogP contribution in [0.25, 0.3) is 0 Å². The van der Waals surface area contributed by atoms with Gasteiger partial charge in [0.2, 0.25) is 15.9 Å². The zero-order valence-electron chi connectivity index (χ0n) is 20.6. The fraction of sp³-hybridized carbons (Fsp3) is 0.909. The van der Waals surface area contributed by atoms with Crippen LogP contribution in [0.3, 0.4) is 0 Å². The molecule has 0 aromatic carbocycles. The lowest BCUT2D eigenvalue weighted by Gasteiger charge is -2.29. The van der Waals surface area contributed by atoms with Crippen LogP contribution in [0, 0.1) is 29.6 Å². The molecule has 1 N–H and O–H groups in total. The third-order valence-corrected chi connectivity index (χ3v) is 5.40. The van der Waals surface area contributed by atoms with E-state index < -0.39 is 27.5 Å². The molecule has 0 aromatic rings. The minimum absolute atomic E-state index is 0.0547. The Morgan fingerprint density at radius 1 is 0.867 bits per heavy atom. The summed E-state index contributed by atoms with van der Waals surface area (Å²) >= 11 is 0. The molecule has 0 saturated heterocycles. The summed E-state index contributed by atoms with van der Waals surface area (Å²) in [4.78, 5) is 25.9. The first-order chi connectivity index (χ1) is 13.4. The SMILES string of the molecule is CC(C)C[C@H](C[C@H](CC(C)C)C(=O)OC(C)(C)C)C(=O)NN(CC(C)C)S(C)(=O)=O. The van der Waals surface area contributed by atoms with Crippen LogP contribution in [-0.2, 0) is 24.3 Å². The standard InChI is InChI=1S/C22H44N2O5S/c1-15(2)11-18(20(25)23-24(14-17(5)6)30(10,27)28)13-19(12-16(3)4)21(26)29-22(7,8)9/h15-19H,11-14H2,1-10H3,(H,23,25)/t18-,19+/m1/s1. The average Bonchev–Trinajstić information content (AvgIpc) is 2.48. The van der Waals surface area contributed by atoms with Crippen molar-refractivity contribution < 1.29 is 22.7 Å². The minimum atomic E-state index is -3.60. The summed E-state index contributed by atoms with van der Waals surface area (Å²) in [7, 11) is -3.60. The van der Waals surface area contributed by atoms with Crippen molar-refractivity contribution in [3.05, 3.63) is 0 Å². The second kappa shape index (κ2) is 12.0. The smallest absolute Gasteiger partial charge is 0.309 e. The summed E-state index contributed by atoms with van der Waals surface area (Å²) in [5.74, 6) is -1.05. The minimum Gasteiger partial charge on any atom is -0.460 e. The molecular formula is C22H44N2O5S. The van der Waals surface area contributed by atoms with Crippen LogP contribution < -0.4 is 5.43 Å². The van der Waals surface area contributed by atoms with Gasteiger partial charge in [0, 0.05) is 12.5 Å². The van der Waals surface area contributed by atoms with Gasteiger partial charge in [-0.15, -0.1) is 4.41 Å². The quantitative estimate of drug-likeness (QED) is 0.360. The van der Waals surface area contributed by atoms with Crippen molar-refractivity contribution in [3.8, 4) is 0 Å². The molecule has 178 valence electrons. The van der Waals surface area contributed by atoms with E-state index in [4.69, 9.17) is 4.74 Å². The highest BCUT2D eigenvalue weighted by Gasteiger charge is 2.33. The van der Waals surface area contributed by atoms with E-state index in [0.29, 0.717) is 19.3 Å². The maximum absolute atomic E-state index is 13.1. The summed E-state index contributed by atoms with van der Waals surface area (Å²) in [6.07, 6.45) is 2.58. The number of hydrazine groups is 1. The molecule has 0 heterocycles. The van der Waals surface area contributed by atoms with Gasteiger partial charge in [0.15, 0.2) is 0 Å². The number of sulfonamides is 1. The second-order valence-corrected chi connectivity index (χ2v) is 12.5. The summed E-state index contributed by atoms with van der Waals surface area (Å²) in [6, 6.07) is 0. The number of hydrogen-bond donors (Lipinski definition) is 1. The average molecular weight is 449 g/mol. The normalized spacial score (nSPS) is 15.0. The Bertz CT molecular complexity index is 651. The predicted molar refractivity (Wildman–Crippen MR) is 121 cm³/mol. The van der Waals surface area contributed by atoms with Crippen LogP contribution >= 0.6 is 0 Å². The second-order valence-electron chi connectivity index (χ2n) is 10.6. The van der Waals surface area contributed by atoms with Crippen LogP contribution in [0.1, 0.15) is 81.6 Å². The van der Waals surface area contributed by atoms with E-state index in [1.54, 1.807) is 0 Å². The number of amides is 1. The first kappa shape index (κ1) is 28.9. The van der Waals surface area contributed by atoms with Gasteiger partial charge in [-0.3, -0.25) is 15.0 Å². The predicted octanol–water partition coefficient (Wildman–Crippen LogP) is 3.99. The summed E-state index contributed by atoms with van der Waals surface area (Å²) in [5.41, 5.74) is 1.99. The van der Waals surface area contributed by atoms with E-state index in [1.165, 1.54) is 0 Å². The molecule has 0 unspecified atom stereocenters. The molecule has 7 nitrogen and oxygen atoms in total. The zero-order chi connectivity index (χ0) is 23.9. The van der Waals surface area contributed by atoms with Crippen LogP contribution in [0.4, 0.5) is 0 Å². The molecule has 0 aliphatic rings. The van der Waals surface area contributed by atoms with Crippen LogP contribution in [0.15, 0.2) is 0 Å². The lowest BCUT2D eigenvalue weighted by molar-refractivity contribution is -0.161. The Balaban J connectivity index is 5.64. The number of carbonyl (C=O) groups excluding carboxylic acids is 2. The molecule has 0 rings (SSSR count). The number of rotatable bonds is 12. The first-order valence-corrected chi connectivity index (χ1v) is 12.8. The molecule has 0 aromatic heterocycles. The molecule has 0 aliphatic carbocycles. The molecule has 0 spiro atoms. The van der Waals surface area contributed by atoms with E-state index in [9.17, 15) is 18.0 Å². The summed E-state index contributed by atoms with van der Waals surface area (Å²) in [6.45, 7) is 17.5. The zero-order valence-corrected chi connectivity index (χ0v) is 21.4. The lowest BCUT2D eigenvalue weighted by Crippen LogP contribution is -2.49. The van der Waals surface area contributed by atoms with E-state index in [-0.39, 0.29) is 36.2 Å². The van der Waals surface area contributed by atoms with Gasteiger partial charge in [0.25, 0.3) is 0 Å². The molecule has 0 radical (unpaired) electrons. The molecule has 0 saturated carbocycles. The molecule has 8 heteroatoms. The maximum Gasteiger partial charge on any atom is 0.309 e. The monoisotopic (exact) mass is 448 g/mol. The van der Waals surface area contributed by atoms with Gasteiger partial charge in [0.05, 0.1) is 12.2 Å². The molecule has 1 amide bonds. The van der Waals surface area contributed by atoms with Gasteiger partial charge in [-0.1, -0.05) is 41.5 Å². The van der Waals surface area contributed by atoms with E-state index >= 15 is 0 Å². The van der Waals surface area contributed by atoms with Crippen molar-refractivity contribution in [1.82, 2.24) is 9.84 Å². The highest BCUT2D eigenvalue weighted by Crippen LogP contribution is 2.28. The van der Waals surface area contributed by atoms with Gasteiger partial charge >= 0.3 is 5.97 Å². The Morgan fingerprint density at radius 3 is 1.70 bits per heavy atom. The van der Waals surface area contributed by atoms with Gasteiger partial charge in [-0.05, 0) is 57.8 Å². The van der Waals surface area contributed by atoms with Crippen molar-refractivity contribution in [2.24, 2.45) is 29.6 Å². The number of ether oxygens (including phenoxy) is 1. The summed E-state index contributed by atoms with van der Waals surface area (Å²) in [5, 5.41) is 0. The van der Waals surface area contributed by atoms with Crippen molar-refractivity contribution in [2.75, 3.05) is 12.8 Å². The molecule has 0 fully saturated rings. The molecule has 0 aliphatic heterocycles. The third-order valence-electron chi connectivity index (χ3n) is 4.36. The lowest BCUT2D eigenvalue weighted by atomic mass is 9.83. The molecule has 0 bridgehead atoms. The Kier molecular flexibility index (Phi) is 11.6. The number of nitrogens with zero attached hydrogens (tertiary/aromatic N) is 1. The highest BCUT2D eigenvalue weighted by molar-refractivity contribution is 7.88. The summed E-state index contributed by atoms with van der Waals surface area (Å²) < 4.78 is 30.8. The third kappa shape index (κ3) is 12.5. The van der Waals surface area contributed by atoms with Crippen molar-refractivity contribution in [2.45, 2.75) is 87.2 Å². The van der Waals surface area contributed by atoms with E-state index in [2.05, 4.69) is 5.43 Å². The Morgan fingerprint density at radius 2 is 1.33 bits per heavy atom.